The first-order chi connectivity index (χ1) is 8.24. The molecule has 1 fully saturated rings. The smallest absolute Gasteiger partial charge is 0.239 e. The second kappa shape index (κ2) is 5.31. The fourth-order valence-electron chi connectivity index (χ4n) is 2.59. The summed E-state index contributed by atoms with van der Waals surface area (Å²) in [4.78, 5) is 11.0. The van der Waals surface area contributed by atoms with Crippen LogP contribution in [0, 0.1) is 6.92 Å². The zero-order chi connectivity index (χ0) is 12.3. The zero-order valence-corrected chi connectivity index (χ0v) is 10.6. The molecule has 0 atom stereocenters. The molecule has 0 aliphatic heterocycles. The first kappa shape index (κ1) is 12.1. The number of anilines is 2. The highest BCUT2D eigenvalue weighted by atomic mass is 15.3. The summed E-state index contributed by atoms with van der Waals surface area (Å²) in [6.07, 6.45) is 5.19. The molecular weight excluding hydrogens is 214 g/mol. The van der Waals surface area contributed by atoms with Crippen LogP contribution in [-0.4, -0.2) is 22.6 Å². The van der Waals surface area contributed by atoms with Crippen LogP contribution in [0.2, 0.25) is 0 Å². The van der Waals surface area contributed by atoms with Crippen LogP contribution in [0.25, 0.3) is 0 Å². The molecule has 1 aliphatic rings. The molecule has 1 saturated carbocycles. The van der Waals surface area contributed by atoms with E-state index in [9.17, 15) is 0 Å². The summed E-state index contributed by atoms with van der Waals surface area (Å²) in [5.41, 5.74) is 3.47. The normalized spacial score (nSPS) is 16.2. The lowest BCUT2D eigenvalue weighted by molar-refractivity contribution is 0.612. The number of nitrogens with two attached hydrogens (primary N) is 1. The van der Waals surface area contributed by atoms with Crippen LogP contribution in [-0.2, 0) is 0 Å². The third-order valence-corrected chi connectivity index (χ3v) is 3.37. The SMILES string of the molecule is CCN(c1cc(C)nc(NN)n1)C1CCCC1. The first-order valence-corrected chi connectivity index (χ1v) is 6.33. The van der Waals surface area contributed by atoms with Gasteiger partial charge in [-0.05, 0) is 26.7 Å². The van der Waals surface area contributed by atoms with Crippen molar-refractivity contribution >= 4 is 11.8 Å². The fourth-order valence-corrected chi connectivity index (χ4v) is 2.59. The topological polar surface area (TPSA) is 67.1 Å². The van der Waals surface area contributed by atoms with Crippen molar-refractivity contribution in [2.45, 2.75) is 45.6 Å². The second-order valence-electron chi connectivity index (χ2n) is 4.56. The van der Waals surface area contributed by atoms with Gasteiger partial charge >= 0.3 is 0 Å². The van der Waals surface area contributed by atoms with E-state index in [-0.39, 0.29) is 0 Å². The minimum absolute atomic E-state index is 0.497. The van der Waals surface area contributed by atoms with Gasteiger partial charge in [-0.15, -0.1) is 0 Å². The highest BCUT2D eigenvalue weighted by Crippen LogP contribution is 2.27. The number of nitrogen functional groups attached to an aromatic ring is 1. The van der Waals surface area contributed by atoms with Crippen molar-refractivity contribution < 1.29 is 0 Å². The lowest BCUT2D eigenvalue weighted by Crippen LogP contribution is -2.34. The van der Waals surface area contributed by atoms with Crippen LogP contribution < -0.4 is 16.2 Å². The van der Waals surface area contributed by atoms with Crippen LogP contribution in [0.4, 0.5) is 11.8 Å². The van der Waals surface area contributed by atoms with E-state index in [1.165, 1.54) is 25.7 Å². The molecule has 17 heavy (non-hydrogen) atoms. The predicted molar refractivity (Wildman–Crippen MR) is 69.9 cm³/mol. The van der Waals surface area contributed by atoms with E-state index in [2.05, 4.69) is 27.2 Å². The molecule has 1 aromatic heterocycles. The number of hydrogen-bond acceptors (Lipinski definition) is 5. The fraction of sp³-hybridized carbons (Fsp3) is 0.667. The van der Waals surface area contributed by atoms with Crippen molar-refractivity contribution in [1.29, 1.82) is 0 Å². The molecule has 0 amide bonds. The molecule has 2 rings (SSSR count). The highest BCUT2D eigenvalue weighted by molar-refractivity contribution is 5.45. The van der Waals surface area contributed by atoms with E-state index >= 15 is 0 Å². The maximum absolute atomic E-state index is 5.39. The number of aromatic nitrogens is 2. The summed E-state index contributed by atoms with van der Waals surface area (Å²) in [5.74, 6) is 6.87. The van der Waals surface area contributed by atoms with Gasteiger partial charge in [0, 0.05) is 24.3 Å². The molecular formula is C12H21N5. The van der Waals surface area contributed by atoms with E-state index in [1.54, 1.807) is 0 Å². The average Bonchev–Trinajstić information content (AvgIpc) is 2.83. The third kappa shape index (κ3) is 2.66. The molecule has 1 heterocycles. The number of aryl methyl sites for hydroxylation is 1. The van der Waals surface area contributed by atoms with E-state index in [4.69, 9.17) is 5.84 Å². The Hall–Kier alpha value is -1.36. The Morgan fingerprint density at radius 1 is 1.41 bits per heavy atom. The summed E-state index contributed by atoms with van der Waals surface area (Å²) in [6.45, 7) is 5.12. The summed E-state index contributed by atoms with van der Waals surface area (Å²) in [6, 6.07) is 2.66. The average molecular weight is 235 g/mol. The maximum atomic E-state index is 5.39. The summed E-state index contributed by atoms with van der Waals surface area (Å²) < 4.78 is 0. The van der Waals surface area contributed by atoms with Gasteiger partial charge in [0.15, 0.2) is 0 Å². The standard InChI is InChI=1S/C12H21N5/c1-3-17(10-6-4-5-7-10)11-8-9(2)14-12(15-11)16-13/h8,10H,3-7,13H2,1-2H3,(H,14,15,16). The van der Waals surface area contributed by atoms with Crippen LogP contribution in [0.5, 0.6) is 0 Å². The molecule has 1 aliphatic carbocycles. The first-order valence-electron chi connectivity index (χ1n) is 6.33. The van der Waals surface area contributed by atoms with Crippen molar-refractivity contribution in [2.24, 2.45) is 5.84 Å². The Morgan fingerprint density at radius 3 is 2.71 bits per heavy atom. The van der Waals surface area contributed by atoms with Gasteiger partial charge in [-0.25, -0.2) is 10.8 Å². The van der Waals surface area contributed by atoms with Gasteiger partial charge in [0.05, 0.1) is 0 Å². The van der Waals surface area contributed by atoms with E-state index in [0.717, 1.165) is 18.1 Å². The number of rotatable bonds is 4. The molecule has 5 heteroatoms. The number of nitrogens with one attached hydrogen (secondary N) is 1. The van der Waals surface area contributed by atoms with Gasteiger partial charge in [-0.3, -0.25) is 5.43 Å². The van der Waals surface area contributed by atoms with E-state index in [0.29, 0.717) is 12.0 Å². The molecule has 1 aromatic rings. The Morgan fingerprint density at radius 2 is 2.12 bits per heavy atom. The van der Waals surface area contributed by atoms with Gasteiger partial charge in [0.25, 0.3) is 0 Å². The monoisotopic (exact) mass is 235 g/mol. The van der Waals surface area contributed by atoms with Crippen LogP contribution in [0.15, 0.2) is 6.07 Å². The molecule has 0 saturated heterocycles. The molecule has 0 bridgehead atoms. The molecule has 3 N–H and O–H groups in total. The highest BCUT2D eigenvalue weighted by Gasteiger charge is 2.23. The van der Waals surface area contributed by atoms with Gasteiger partial charge in [0.1, 0.15) is 5.82 Å². The van der Waals surface area contributed by atoms with Crippen molar-refractivity contribution in [2.75, 3.05) is 16.9 Å². The minimum Gasteiger partial charge on any atom is -0.354 e. The van der Waals surface area contributed by atoms with Gasteiger partial charge in [-0.2, -0.15) is 4.98 Å². The molecule has 0 unspecified atom stereocenters. The van der Waals surface area contributed by atoms with Crippen LogP contribution >= 0.6 is 0 Å². The van der Waals surface area contributed by atoms with Gasteiger partial charge in [0.2, 0.25) is 5.95 Å². The maximum Gasteiger partial charge on any atom is 0.239 e. The zero-order valence-electron chi connectivity index (χ0n) is 10.6. The number of hydrogen-bond donors (Lipinski definition) is 2. The molecule has 0 spiro atoms. The molecule has 0 aromatic carbocycles. The minimum atomic E-state index is 0.497. The lowest BCUT2D eigenvalue weighted by atomic mass is 10.2. The third-order valence-electron chi connectivity index (χ3n) is 3.37. The summed E-state index contributed by atoms with van der Waals surface area (Å²) >= 11 is 0. The van der Waals surface area contributed by atoms with Crippen LogP contribution in [0.3, 0.4) is 0 Å². The van der Waals surface area contributed by atoms with E-state index in [1.807, 2.05) is 13.0 Å². The number of hydrazine groups is 1. The Labute approximate surface area is 102 Å². The molecule has 5 nitrogen and oxygen atoms in total. The largest absolute Gasteiger partial charge is 0.354 e. The Bertz CT molecular complexity index is 373. The Kier molecular flexibility index (Phi) is 3.78. The Balaban J connectivity index is 2.25. The molecule has 94 valence electrons. The molecule has 0 radical (unpaired) electrons. The van der Waals surface area contributed by atoms with Crippen LogP contribution in [0.1, 0.15) is 38.3 Å². The van der Waals surface area contributed by atoms with Gasteiger partial charge in [-0.1, -0.05) is 12.8 Å². The lowest BCUT2D eigenvalue weighted by Gasteiger charge is -2.29. The summed E-state index contributed by atoms with van der Waals surface area (Å²) in [7, 11) is 0. The predicted octanol–water partition coefficient (Wildman–Crippen LogP) is 1.84. The number of nitrogens with zero attached hydrogens (tertiary/aromatic N) is 3. The van der Waals surface area contributed by atoms with Crippen molar-refractivity contribution in [3.05, 3.63) is 11.8 Å². The quantitative estimate of drug-likeness (QED) is 0.615. The van der Waals surface area contributed by atoms with Gasteiger partial charge < -0.3 is 4.90 Å². The summed E-state index contributed by atoms with van der Waals surface area (Å²) in [5, 5.41) is 0. The van der Waals surface area contributed by atoms with Crippen molar-refractivity contribution in [3.63, 3.8) is 0 Å². The van der Waals surface area contributed by atoms with Crippen molar-refractivity contribution in [3.8, 4) is 0 Å². The van der Waals surface area contributed by atoms with Crippen molar-refractivity contribution in [1.82, 2.24) is 9.97 Å². The second-order valence-corrected chi connectivity index (χ2v) is 4.56. The van der Waals surface area contributed by atoms with E-state index < -0.39 is 0 Å².